The van der Waals surface area contributed by atoms with Crippen LogP contribution < -0.4 is 0 Å². The van der Waals surface area contributed by atoms with E-state index in [0.29, 0.717) is 0 Å². The summed E-state index contributed by atoms with van der Waals surface area (Å²) in [5.74, 6) is -1.53. The first-order valence-corrected chi connectivity index (χ1v) is 5.53. The van der Waals surface area contributed by atoms with Gasteiger partial charge in [0.05, 0.1) is 0 Å². The van der Waals surface area contributed by atoms with Crippen LogP contribution in [-0.4, -0.2) is 0 Å². The van der Waals surface area contributed by atoms with Crippen molar-refractivity contribution in [2.45, 2.75) is 52.4 Å². The minimum atomic E-state index is -0.766. The molecule has 90 valence electrons. The van der Waals surface area contributed by atoms with E-state index in [1.165, 1.54) is 12.1 Å². The topological polar surface area (TPSA) is 0 Å². The fraction of sp³-hybridized carbons (Fsp3) is 0.571. The van der Waals surface area contributed by atoms with E-state index in [1.54, 1.807) is 0 Å². The van der Waals surface area contributed by atoms with Crippen LogP contribution in [0.1, 0.15) is 52.7 Å². The van der Waals surface area contributed by atoms with Gasteiger partial charge in [0.25, 0.3) is 0 Å². The minimum Gasteiger partial charge on any atom is -0.204 e. The normalized spacial score (nSPS) is 13.0. The van der Waals surface area contributed by atoms with Gasteiger partial charge in [-0.2, -0.15) is 0 Å². The Hall–Kier alpha value is -0.920. The number of hydrogen-bond donors (Lipinski definition) is 0. The second-order valence-corrected chi connectivity index (χ2v) is 6.31. The molecule has 0 saturated heterocycles. The number of benzene rings is 1. The zero-order chi connectivity index (χ0) is 12.7. The smallest absolute Gasteiger partial charge is 0.159 e. The predicted octanol–water partition coefficient (Wildman–Crippen LogP) is 4.56. The zero-order valence-electron chi connectivity index (χ0n) is 10.9. The lowest BCUT2D eigenvalue weighted by Crippen LogP contribution is -2.22. The fourth-order valence-corrected chi connectivity index (χ4v) is 1.79. The molecule has 0 saturated carbocycles. The molecule has 1 aromatic rings. The predicted molar refractivity (Wildman–Crippen MR) is 63.8 cm³/mol. The van der Waals surface area contributed by atoms with Gasteiger partial charge in [-0.25, -0.2) is 8.78 Å². The molecule has 0 heterocycles. The van der Waals surface area contributed by atoms with E-state index < -0.39 is 11.6 Å². The van der Waals surface area contributed by atoms with Crippen LogP contribution >= 0.6 is 0 Å². The molecule has 1 aromatic carbocycles. The molecule has 0 aliphatic rings. The summed E-state index contributed by atoms with van der Waals surface area (Å²) < 4.78 is 26.6. The molecule has 0 atom stereocenters. The Bertz CT molecular complexity index is 353. The Morgan fingerprint density at radius 1 is 0.688 bits per heavy atom. The lowest BCUT2D eigenvalue weighted by Gasteiger charge is -2.30. The van der Waals surface area contributed by atoms with Gasteiger partial charge >= 0.3 is 0 Å². The summed E-state index contributed by atoms with van der Waals surface area (Å²) in [6.45, 7) is 12.1. The van der Waals surface area contributed by atoms with E-state index in [-0.39, 0.29) is 10.8 Å². The third kappa shape index (κ3) is 2.60. The van der Waals surface area contributed by atoms with Crippen LogP contribution in [-0.2, 0) is 10.8 Å². The lowest BCUT2D eigenvalue weighted by atomic mass is 9.75. The Morgan fingerprint density at radius 3 is 1.12 bits per heavy atom. The van der Waals surface area contributed by atoms with E-state index in [1.807, 2.05) is 41.5 Å². The lowest BCUT2D eigenvalue weighted by molar-refractivity contribution is 0.478. The summed E-state index contributed by atoms with van der Waals surface area (Å²) in [7, 11) is 0. The van der Waals surface area contributed by atoms with Crippen LogP contribution in [0.4, 0.5) is 8.78 Å². The van der Waals surface area contributed by atoms with Crippen molar-refractivity contribution in [2.75, 3.05) is 0 Å². The van der Waals surface area contributed by atoms with Gasteiger partial charge in [-0.15, -0.1) is 0 Å². The Balaban J connectivity index is 3.53. The maximum Gasteiger partial charge on any atom is 0.159 e. The zero-order valence-corrected chi connectivity index (χ0v) is 10.9. The highest BCUT2D eigenvalue weighted by Gasteiger charge is 2.26. The molecule has 0 aromatic heterocycles. The molecule has 0 amide bonds. The molecular weight excluding hydrogens is 206 g/mol. The van der Waals surface area contributed by atoms with Gasteiger partial charge in [-0.1, -0.05) is 41.5 Å². The van der Waals surface area contributed by atoms with Crippen molar-refractivity contribution in [1.82, 2.24) is 0 Å². The van der Waals surface area contributed by atoms with Crippen LogP contribution in [0.5, 0.6) is 0 Å². The highest BCUT2D eigenvalue weighted by molar-refractivity contribution is 5.38. The Labute approximate surface area is 96.7 Å². The second kappa shape index (κ2) is 3.83. The third-order valence-corrected chi connectivity index (χ3v) is 2.68. The van der Waals surface area contributed by atoms with E-state index >= 15 is 0 Å². The van der Waals surface area contributed by atoms with Gasteiger partial charge < -0.3 is 0 Å². The van der Waals surface area contributed by atoms with Gasteiger partial charge in [0, 0.05) is 0 Å². The molecule has 2 heteroatoms. The van der Waals surface area contributed by atoms with Crippen molar-refractivity contribution in [3.8, 4) is 0 Å². The summed E-state index contributed by atoms with van der Waals surface area (Å²) >= 11 is 0. The van der Waals surface area contributed by atoms with Gasteiger partial charge in [0.2, 0.25) is 0 Å². The number of hydrogen-bond acceptors (Lipinski definition) is 0. The van der Waals surface area contributed by atoms with Crippen LogP contribution in [0.3, 0.4) is 0 Å². The van der Waals surface area contributed by atoms with Gasteiger partial charge in [-0.05, 0) is 34.1 Å². The van der Waals surface area contributed by atoms with E-state index in [9.17, 15) is 8.78 Å². The SMILES string of the molecule is CC(C)(C)c1cc(F)c(F)cc1C(C)(C)C. The van der Waals surface area contributed by atoms with Crippen molar-refractivity contribution >= 4 is 0 Å². The quantitative estimate of drug-likeness (QED) is 0.608. The van der Waals surface area contributed by atoms with Gasteiger partial charge in [-0.3, -0.25) is 0 Å². The molecule has 16 heavy (non-hydrogen) atoms. The second-order valence-electron chi connectivity index (χ2n) is 6.31. The maximum atomic E-state index is 13.3. The van der Waals surface area contributed by atoms with E-state index in [0.717, 1.165) is 11.1 Å². The molecular formula is C14H20F2. The van der Waals surface area contributed by atoms with Crippen molar-refractivity contribution < 1.29 is 8.78 Å². The highest BCUT2D eigenvalue weighted by Crippen LogP contribution is 2.35. The monoisotopic (exact) mass is 226 g/mol. The molecule has 1 rings (SSSR count). The molecule has 0 aliphatic heterocycles. The van der Waals surface area contributed by atoms with Crippen molar-refractivity contribution in [3.63, 3.8) is 0 Å². The highest BCUT2D eigenvalue weighted by atomic mass is 19.2. The van der Waals surface area contributed by atoms with Crippen LogP contribution in [0.25, 0.3) is 0 Å². The maximum absolute atomic E-state index is 13.3. The molecule has 0 bridgehead atoms. The number of rotatable bonds is 0. The van der Waals surface area contributed by atoms with Gasteiger partial charge in [0.1, 0.15) is 0 Å². The first-order chi connectivity index (χ1) is 7.03. The van der Waals surface area contributed by atoms with E-state index in [4.69, 9.17) is 0 Å². The number of halogens is 2. The summed E-state index contributed by atoms with van der Waals surface area (Å²) in [6, 6.07) is 2.66. The first kappa shape index (κ1) is 13.1. The summed E-state index contributed by atoms with van der Waals surface area (Å²) in [4.78, 5) is 0. The van der Waals surface area contributed by atoms with Crippen molar-refractivity contribution in [3.05, 3.63) is 34.9 Å². The van der Waals surface area contributed by atoms with Crippen molar-refractivity contribution in [2.24, 2.45) is 0 Å². The molecule has 0 N–H and O–H groups in total. The molecule has 0 fully saturated rings. The van der Waals surface area contributed by atoms with Gasteiger partial charge in [0.15, 0.2) is 11.6 Å². The molecule has 0 aliphatic carbocycles. The summed E-state index contributed by atoms with van der Waals surface area (Å²) in [5, 5.41) is 0. The van der Waals surface area contributed by atoms with Crippen LogP contribution in [0.15, 0.2) is 12.1 Å². The van der Waals surface area contributed by atoms with E-state index in [2.05, 4.69) is 0 Å². The average Bonchev–Trinajstić information content (AvgIpc) is 2.05. The Kier molecular flexibility index (Phi) is 3.15. The first-order valence-electron chi connectivity index (χ1n) is 5.53. The standard InChI is InChI=1S/C14H20F2/c1-13(2,3)9-7-11(15)12(16)8-10(9)14(4,5)6/h7-8H,1-6H3. The molecule has 0 radical (unpaired) electrons. The third-order valence-electron chi connectivity index (χ3n) is 2.68. The van der Waals surface area contributed by atoms with Crippen LogP contribution in [0.2, 0.25) is 0 Å². The molecule has 0 unspecified atom stereocenters. The Morgan fingerprint density at radius 2 is 0.938 bits per heavy atom. The van der Waals surface area contributed by atoms with Crippen molar-refractivity contribution in [1.29, 1.82) is 0 Å². The minimum absolute atomic E-state index is 0.183. The molecule has 0 spiro atoms. The fourth-order valence-electron chi connectivity index (χ4n) is 1.79. The summed E-state index contributed by atoms with van der Waals surface area (Å²) in [5.41, 5.74) is 1.38. The van der Waals surface area contributed by atoms with Crippen LogP contribution in [0, 0.1) is 11.6 Å². The largest absolute Gasteiger partial charge is 0.204 e. The summed E-state index contributed by atoms with van der Waals surface area (Å²) in [6.07, 6.45) is 0. The average molecular weight is 226 g/mol. The molecule has 0 nitrogen and oxygen atoms in total.